The average Bonchev–Trinajstić information content (AvgIpc) is 2.76. The number of hydrogen-bond acceptors (Lipinski definition) is 3. The smallest absolute Gasteiger partial charge is 0.150 e. The lowest BCUT2D eigenvalue weighted by molar-refractivity contribution is 0.381. The van der Waals surface area contributed by atoms with Crippen LogP contribution in [0.25, 0.3) is 0 Å². The van der Waals surface area contributed by atoms with E-state index in [0.717, 1.165) is 0 Å². The summed E-state index contributed by atoms with van der Waals surface area (Å²) in [5.41, 5.74) is 5.88. The molecule has 2 fully saturated rings. The molecule has 0 spiro atoms. The molecule has 12 heavy (non-hydrogen) atoms. The lowest BCUT2D eigenvalue weighted by Gasteiger charge is -2.28. The van der Waals surface area contributed by atoms with Gasteiger partial charge < -0.3 is 5.73 Å². The molecule has 3 nitrogen and oxygen atoms in total. The van der Waals surface area contributed by atoms with E-state index in [9.17, 15) is 8.42 Å². The Bertz CT molecular complexity index is 269. The minimum atomic E-state index is -2.75. The zero-order valence-electron chi connectivity index (χ0n) is 7.07. The van der Waals surface area contributed by atoms with Crippen LogP contribution in [0.15, 0.2) is 0 Å². The van der Waals surface area contributed by atoms with Crippen LogP contribution >= 0.6 is 0 Å². The van der Waals surface area contributed by atoms with Gasteiger partial charge in [0.2, 0.25) is 0 Å². The van der Waals surface area contributed by atoms with Gasteiger partial charge in [0.05, 0.1) is 11.5 Å². The molecule has 0 bridgehead atoms. The fourth-order valence-electron chi connectivity index (χ4n) is 2.04. The Morgan fingerprint density at radius 2 is 1.83 bits per heavy atom. The van der Waals surface area contributed by atoms with Gasteiger partial charge in [-0.1, -0.05) is 0 Å². The molecular weight excluding hydrogens is 174 g/mol. The quantitative estimate of drug-likeness (QED) is 0.639. The van der Waals surface area contributed by atoms with E-state index in [0.29, 0.717) is 23.8 Å². The maximum Gasteiger partial charge on any atom is 0.150 e. The molecule has 2 atom stereocenters. The van der Waals surface area contributed by atoms with E-state index in [4.69, 9.17) is 5.73 Å². The van der Waals surface area contributed by atoms with Crippen LogP contribution in [-0.4, -0.2) is 26.0 Å². The van der Waals surface area contributed by atoms with Crippen LogP contribution in [0.1, 0.15) is 19.3 Å². The van der Waals surface area contributed by atoms with E-state index in [1.54, 1.807) is 0 Å². The molecule has 2 unspecified atom stereocenters. The standard InChI is InChI=1S/C8H15NO2S/c9-8-3-4-12(10,11)5-7(8)6-1-2-6/h6-8H,1-5,9H2. The topological polar surface area (TPSA) is 60.2 Å². The molecule has 1 heterocycles. The predicted molar refractivity (Wildman–Crippen MR) is 47.5 cm³/mol. The molecule has 1 saturated carbocycles. The summed E-state index contributed by atoms with van der Waals surface area (Å²) in [6, 6.07) is 0.140. The molecule has 2 N–H and O–H groups in total. The number of rotatable bonds is 1. The summed E-state index contributed by atoms with van der Waals surface area (Å²) >= 11 is 0. The maximum absolute atomic E-state index is 11.3. The Morgan fingerprint density at radius 3 is 2.42 bits per heavy atom. The Hall–Kier alpha value is -0.0900. The van der Waals surface area contributed by atoms with E-state index in [1.807, 2.05) is 0 Å². The van der Waals surface area contributed by atoms with Gasteiger partial charge in [0.1, 0.15) is 0 Å². The second kappa shape index (κ2) is 2.70. The summed E-state index contributed by atoms with van der Waals surface area (Å²) < 4.78 is 22.6. The summed E-state index contributed by atoms with van der Waals surface area (Å²) in [4.78, 5) is 0. The van der Waals surface area contributed by atoms with Crippen molar-refractivity contribution in [1.29, 1.82) is 0 Å². The molecule has 0 aromatic heterocycles. The molecule has 1 aliphatic carbocycles. The molecule has 0 amide bonds. The Balaban J connectivity index is 2.09. The van der Waals surface area contributed by atoms with Crippen molar-refractivity contribution >= 4 is 9.84 Å². The molecule has 2 aliphatic rings. The molecule has 4 heteroatoms. The van der Waals surface area contributed by atoms with E-state index in [1.165, 1.54) is 12.8 Å². The fourth-order valence-corrected chi connectivity index (χ4v) is 3.94. The second-order valence-electron chi connectivity index (χ2n) is 4.07. The minimum absolute atomic E-state index is 0.140. The highest BCUT2D eigenvalue weighted by molar-refractivity contribution is 7.91. The summed E-state index contributed by atoms with van der Waals surface area (Å²) in [5, 5.41) is 0. The molecule has 0 radical (unpaired) electrons. The lowest BCUT2D eigenvalue weighted by atomic mass is 9.95. The Morgan fingerprint density at radius 1 is 1.17 bits per heavy atom. The summed E-state index contributed by atoms with van der Waals surface area (Å²) in [6.45, 7) is 0. The van der Waals surface area contributed by atoms with Crippen molar-refractivity contribution in [3.05, 3.63) is 0 Å². The maximum atomic E-state index is 11.3. The van der Waals surface area contributed by atoms with Crippen molar-refractivity contribution in [3.63, 3.8) is 0 Å². The molecular formula is C8H15NO2S. The van der Waals surface area contributed by atoms with Gasteiger partial charge in [-0.15, -0.1) is 0 Å². The van der Waals surface area contributed by atoms with E-state index in [-0.39, 0.29) is 12.0 Å². The first kappa shape index (κ1) is 8.51. The Labute approximate surface area is 73.2 Å². The van der Waals surface area contributed by atoms with Crippen LogP contribution in [-0.2, 0) is 9.84 Å². The highest BCUT2D eigenvalue weighted by Gasteiger charge is 2.40. The van der Waals surface area contributed by atoms with Crippen molar-refractivity contribution < 1.29 is 8.42 Å². The largest absolute Gasteiger partial charge is 0.327 e. The summed E-state index contributed by atoms with van der Waals surface area (Å²) in [7, 11) is -2.75. The van der Waals surface area contributed by atoms with Gasteiger partial charge in [-0.25, -0.2) is 8.42 Å². The highest BCUT2D eigenvalue weighted by atomic mass is 32.2. The van der Waals surface area contributed by atoms with Crippen molar-refractivity contribution in [2.24, 2.45) is 17.6 Å². The lowest BCUT2D eigenvalue weighted by Crippen LogP contribution is -2.42. The van der Waals surface area contributed by atoms with Gasteiger partial charge in [0.25, 0.3) is 0 Å². The van der Waals surface area contributed by atoms with Crippen LogP contribution in [0.3, 0.4) is 0 Å². The summed E-state index contributed by atoms with van der Waals surface area (Å²) in [5.74, 6) is 1.54. The Kier molecular flexibility index (Phi) is 1.92. The minimum Gasteiger partial charge on any atom is -0.327 e. The van der Waals surface area contributed by atoms with Crippen LogP contribution < -0.4 is 5.73 Å². The van der Waals surface area contributed by atoms with Crippen molar-refractivity contribution in [2.45, 2.75) is 25.3 Å². The molecule has 1 saturated heterocycles. The van der Waals surface area contributed by atoms with Gasteiger partial charge in [-0.3, -0.25) is 0 Å². The zero-order chi connectivity index (χ0) is 8.77. The van der Waals surface area contributed by atoms with Crippen LogP contribution in [0.5, 0.6) is 0 Å². The van der Waals surface area contributed by atoms with Gasteiger partial charge in [-0.05, 0) is 31.1 Å². The molecule has 2 rings (SSSR count). The van der Waals surface area contributed by atoms with Gasteiger partial charge in [0, 0.05) is 6.04 Å². The first-order valence-electron chi connectivity index (χ1n) is 4.54. The first-order valence-corrected chi connectivity index (χ1v) is 6.37. The third-order valence-corrected chi connectivity index (χ3v) is 4.74. The monoisotopic (exact) mass is 189 g/mol. The normalized spacial score (nSPS) is 41.1. The van der Waals surface area contributed by atoms with Crippen LogP contribution in [0.2, 0.25) is 0 Å². The SMILES string of the molecule is NC1CCS(=O)(=O)CC1C1CC1. The van der Waals surface area contributed by atoms with Gasteiger partial charge in [-0.2, -0.15) is 0 Å². The van der Waals surface area contributed by atoms with E-state index < -0.39 is 9.84 Å². The molecule has 0 aromatic carbocycles. The predicted octanol–water partition coefficient (Wildman–Crippen LogP) is 0.158. The fraction of sp³-hybridized carbons (Fsp3) is 1.00. The second-order valence-corrected chi connectivity index (χ2v) is 6.30. The van der Waals surface area contributed by atoms with Crippen molar-refractivity contribution in [1.82, 2.24) is 0 Å². The molecule has 1 aliphatic heterocycles. The highest BCUT2D eigenvalue weighted by Crippen LogP contribution is 2.40. The molecule has 0 aromatic rings. The zero-order valence-corrected chi connectivity index (χ0v) is 7.89. The van der Waals surface area contributed by atoms with Crippen LogP contribution in [0.4, 0.5) is 0 Å². The third kappa shape index (κ3) is 1.64. The van der Waals surface area contributed by atoms with E-state index >= 15 is 0 Å². The third-order valence-electron chi connectivity index (χ3n) is 2.99. The van der Waals surface area contributed by atoms with Crippen molar-refractivity contribution in [3.8, 4) is 0 Å². The summed E-state index contributed by atoms with van der Waals surface area (Å²) in [6.07, 6.45) is 3.05. The molecule has 70 valence electrons. The van der Waals surface area contributed by atoms with Gasteiger partial charge >= 0.3 is 0 Å². The number of sulfone groups is 1. The first-order chi connectivity index (χ1) is 5.58. The van der Waals surface area contributed by atoms with Gasteiger partial charge in [0.15, 0.2) is 9.84 Å². The van der Waals surface area contributed by atoms with E-state index in [2.05, 4.69) is 0 Å². The van der Waals surface area contributed by atoms with Crippen LogP contribution in [0, 0.1) is 11.8 Å². The number of hydrogen-bond donors (Lipinski definition) is 1. The number of nitrogens with two attached hydrogens (primary N) is 1. The average molecular weight is 189 g/mol. The van der Waals surface area contributed by atoms with Crippen molar-refractivity contribution in [2.75, 3.05) is 11.5 Å².